The van der Waals surface area contributed by atoms with Gasteiger partial charge in [0.25, 0.3) is 0 Å². The molecule has 2 aliphatic rings. The van der Waals surface area contributed by atoms with Crippen LogP contribution >= 0.6 is 0 Å². The van der Waals surface area contributed by atoms with E-state index in [0.717, 1.165) is 34.9 Å². The fourth-order valence-electron chi connectivity index (χ4n) is 6.31. The van der Waals surface area contributed by atoms with Crippen LogP contribution in [0.4, 0.5) is 5.69 Å². The van der Waals surface area contributed by atoms with E-state index in [0.29, 0.717) is 23.6 Å². The van der Waals surface area contributed by atoms with Crippen LogP contribution in [0.15, 0.2) is 42.6 Å². The summed E-state index contributed by atoms with van der Waals surface area (Å²) in [7, 11) is 0. The van der Waals surface area contributed by atoms with E-state index in [1.807, 2.05) is 6.92 Å². The molecule has 3 aromatic rings. The molecule has 1 aromatic heterocycles. The van der Waals surface area contributed by atoms with Gasteiger partial charge in [0.15, 0.2) is 0 Å². The van der Waals surface area contributed by atoms with Crippen molar-refractivity contribution in [2.45, 2.75) is 53.0 Å². The number of benzene rings is 2. The Bertz CT molecular complexity index is 1150. The van der Waals surface area contributed by atoms with Gasteiger partial charge in [-0.1, -0.05) is 57.2 Å². The van der Waals surface area contributed by atoms with Gasteiger partial charge < -0.3 is 9.64 Å². The fourth-order valence-corrected chi connectivity index (χ4v) is 6.31. The molecule has 30 heavy (non-hydrogen) atoms. The van der Waals surface area contributed by atoms with E-state index < -0.39 is 0 Å². The van der Waals surface area contributed by atoms with Crippen LogP contribution in [-0.4, -0.2) is 30.1 Å². The maximum Gasteiger partial charge on any atom is 0.341 e. The molecule has 4 heteroatoms. The first-order chi connectivity index (χ1) is 14.3. The topological polar surface area (TPSA) is 42.4 Å². The summed E-state index contributed by atoms with van der Waals surface area (Å²) >= 11 is 0. The van der Waals surface area contributed by atoms with E-state index in [1.54, 1.807) is 6.20 Å². The first-order valence-corrected chi connectivity index (χ1v) is 11.0. The Hall–Kier alpha value is -2.62. The number of aromatic nitrogens is 1. The Morgan fingerprint density at radius 2 is 1.93 bits per heavy atom. The van der Waals surface area contributed by atoms with Crippen molar-refractivity contribution in [2.24, 2.45) is 10.8 Å². The van der Waals surface area contributed by atoms with Crippen molar-refractivity contribution in [3.63, 3.8) is 0 Å². The van der Waals surface area contributed by atoms with Gasteiger partial charge in [-0.3, -0.25) is 4.98 Å². The highest BCUT2D eigenvalue weighted by atomic mass is 16.5. The van der Waals surface area contributed by atoms with Crippen LogP contribution < -0.4 is 4.90 Å². The highest BCUT2D eigenvalue weighted by molar-refractivity contribution is 6.13. The van der Waals surface area contributed by atoms with E-state index in [9.17, 15) is 4.79 Å². The van der Waals surface area contributed by atoms with Crippen LogP contribution in [0.25, 0.3) is 21.7 Å². The lowest BCUT2D eigenvalue weighted by Crippen LogP contribution is -2.35. The Balaban J connectivity index is 1.75. The number of ether oxygens (including phenoxy) is 1. The minimum absolute atomic E-state index is 0.269. The van der Waals surface area contributed by atoms with Crippen molar-refractivity contribution in [1.82, 2.24) is 4.98 Å². The molecule has 156 valence electrons. The number of pyridine rings is 1. The third-order valence-corrected chi connectivity index (χ3v) is 6.93. The van der Waals surface area contributed by atoms with Crippen LogP contribution in [0.1, 0.15) is 57.3 Å². The first-order valence-electron chi connectivity index (χ1n) is 11.0. The molecule has 0 radical (unpaired) electrons. The van der Waals surface area contributed by atoms with Crippen molar-refractivity contribution in [3.05, 3.63) is 48.2 Å². The monoisotopic (exact) mass is 402 g/mol. The smallest absolute Gasteiger partial charge is 0.341 e. The zero-order valence-corrected chi connectivity index (χ0v) is 18.4. The van der Waals surface area contributed by atoms with Crippen LogP contribution in [0.2, 0.25) is 0 Å². The van der Waals surface area contributed by atoms with Gasteiger partial charge in [-0.05, 0) is 42.4 Å². The minimum atomic E-state index is -0.277. The van der Waals surface area contributed by atoms with Crippen molar-refractivity contribution in [1.29, 1.82) is 0 Å². The largest absolute Gasteiger partial charge is 0.462 e. The summed E-state index contributed by atoms with van der Waals surface area (Å²) in [5, 5.41) is 3.34. The molecular weight excluding hydrogens is 372 g/mol. The Kier molecular flexibility index (Phi) is 4.32. The predicted molar refractivity (Wildman–Crippen MR) is 122 cm³/mol. The molecule has 4 nitrogen and oxygen atoms in total. The van der Waals surface area contributed by atoms with E-state index in [4.69, 9.17) is 9.72 Å². The summed E-state index contributed by atoms with van der Waals surface area (Å²) in [5.41, 5.74) is 3.14. The number of carbonyl (C=O) groups excluding carboxylic acids is 1. The van der Waals surface area contributed by atoms with Gasteiger partial charge in [-0.25, -0.2) is 4.79 Å². The van der Waals surface area contributed by atoms with Gasteiger partial charge in [-0.15, -0.1) is 0 Å². The van der Waals surface area contributed by atoms with Crippen molar-refractivity contribution in [3.8, 4) is 0 Å². The van der Waals surface area contributed by atoms with Crippen LogP contribution in [0.3, 0.4) is 0 Å². The molecule has 2 heterocycles. The summed E-state index contributed by atoms with van der Waals surface area (Å²) in [6.45, 7) is 10.4. The quantitative estimate of drug-likeness (QED) is 0.400. The minimum Gasteiger partial charge on any atom is -0.462 e. The number of fused-ring (bicyclic) bond motifs is 5. The molecule has 1 aliphatic carbocycles. The number of anilines is 1. The maximum absolute atomic E-state index is 12.9. The van der Waals surface area contributed by atoms with Gasteiger partial charge in [0.05, 0.1) is 17.8 Å². The molecule has 2 atom stereocenters. The van der Waals surface area contributed by atoms with Crippen molar-refractivity contribution >= 4 is 33.3 Å². The van der Waals surface area contributed by atoms with E-state index in [2.05, 4.69) is 62.1 Å². The van der Waals surface area contributed by atoms with Crippen molar-refractivity contribution in [2.75, 3.05) is 18.1 Å². The number of hydrogen-bond acceptors (Lipinski definition) is 4. The van der Waals surface area contributed by atoms with Gasteiger partial charge in [0, 0.05) is 29.6 Å². The Morgan fingerprint density at radius 1 is 1.13 bits per heavy atom. The average molecular weight is 403 g/mol. The molecule has 0 spiro atoms. The van der Waals surface area contributed by atoms with Crippen molar-refractivity contribution < 1.29 is 9.53 Å². The standard InChI is InChI=1S/C26H30N2O2/c1-5-30-24(29)21-14-27-22-19-9-7-6-8-17(19)10-11-20(22)23(21)28-16-26(4)13-18(28)12-25(2,3)15-26/h6-11,14,18H,5,12-13,15-16H2,1-4H3/t18-,26+/m0/s1. The molecule has 1 saturated heterocycles. The average Bonchev–Trinajstić information content (AvgIpc) is 2.95. The first kappa shape index (κ1) is 19.3. The fraction of sp³-hybridized carbons (Fsp3) is 0.462. The number of rotatable bonds is 3. The van der Waals surface area contributed by atoms with E-state index in [1.165, 1.54) is 18.2 Å². The van der Waals surface area contributed by atoms with Gasteiger partial charge in [0.2, 0.25) is 0 Å². The highest BCUT2D eigenvalue weighted by Gasteiger charge is 2.50. The third kappa shape index (κ3) is 3.05. The second-order valence-corrected chi connectivity index (χ2v) is 10.3. The zero-order chi connectivity index (χ0) is 21.1. The van der Waals surface area contributed by atoms with Gasteiger partial charge in [0.1, 0.15) is 5.56 Å². The second-order valence-electron chi connectivity index (χ2n) is 10.3. The highest BCUT2D eigenvalue weighted by Crippen LogP contribution is 2.54. The molecule has 1 saturated carbocycles. The molecule has 2 bridgehead atoms. The SMILES string of the molecule is CCOC(=O)c1cnc2c(ccc3ccccc32)c1N1C[C@]2(C)C[C@@H]1CC(C)(C)C2. The Labute approximate surface area is 178 Å². The predicted octanol–water partition coefficient (Wildman–Crippen LogP) is 5.97. The van der Waals surface area contributed by atoms with E-state index >= 15 is 0 Å². The molecule has 2 fully saturated rings. The molecule has 0 unspecified atom stereocenters. The Morgan fingerprint density at radius 3 is 2.73 bits per heavy atom. The summed E-state index contributed by atoms with van der Waals surface area (Å²) in [5.74, 6) is -0.277. The van der Waals surface area contributed by atoms with Gasteiger partial charge >= 0.3 is 5.97 Å². The molecule has 1 aliphatic heterocycles. The van der Waals surface area contributed by atoms with Crippen LogP contribution in [0, 0.1) is 10.8 Å². The number of nitrogens with zero attached hydrogens (tertiary/aromatic N) is 2. The third-order valence-electron chi connectivity index (χ3n) is 6.93. The number of esters is 1. The van der Waals surface area contributed by atoms with Crippen LogP contribution in [-0.2, 0) is 4.74 Å². The maximum atomic E-state index is 12.9. The molecule has 5 rings (SSSR count). The summed E-state index contributed by atoms with van der Waals surface area (Å²) in [6.07, 6.45) is 5.27. The number of carbonyl (C=O) groups is 1. The lowest BCUT2D eigenvalue weighted by Gasteiger charge is -2.39. The molecule has 0 N–H and O–H groups in total. The lowest BCUT2D eigenvalue weighted by atomic mass is 9.65. The molecule has 2 aromatic carbocycles. The normalized spacial score (nSPS) is 25.1. The molecule has 0 amide bonds. The summed E-state index contributed by atoms with van der Waals surface area (Å²) < 4.78 is 5.44. The zero-order valence-electron chi connectivity index (χ0n) is 18.4. The summed E-state index contributed by atoms with van der Waals surface area (Å²) in [6, 6.07) is 13.0. The molecular formula is C26H30N2O2. The second kappa shape index (κ2) is 6.69. The summed E-state index contributed by atoms with van der Waals surface area (Å²) in [4.78, 5) is 20.2. The van der Waals surface area contributed by atoms with Crippen LogP contribution in [0.5, 0.6) is 0 Å². The van der Waals surface area contributed by atoms with E-state index in [-0.39, 0.29) is 11.4 Å². The number of hydrogen-bond donors (Lipinski definition) is 0. The van der Waals surface area contributed by atoms with Gasteiger partial charge in [-0.2, -0.15) is 0 Å². The lowest BCUT2D eigenvalue weighted by molar-refractivity contribution is 0.0526.